The van der Waals surface area contributed by atoms with E-state index in [-0.39, 0.29) is 5.41 Å². The van der Waals surface area contributed by atoms with E-state index in [1.807, 2.05) is 24.3 Å². The minimum atomic E-state index is -0.232. The van der Waals surface area contributed by atoms with Gasteiger partial charge >= 0.3 is 0 Å². The molecule has 1 aromatic carbocycles. The summed E-state index contributed by atoms with van der Waals surface area (Å²) in [7, 11) is 0. The molecule has 19 heavy (non-hydrogen) atoms. The highest BCUT2D eigenvalue weighted by molar-refractivity contribution is 6.30. The molecule has 0 aliphatic rings. The fourth-order valence-electron chi connectivity index (χ4n) is 2.11. The summed E-state index contributed by atoms with van der Waals surface area (Å²) in [4.78, 5) is 4.49. The number of nitrogens with two attached hydrogens (primary N) is 1. The Morgan fingerprint density at radius 1 is 1.32 bits per heavy atom. The van der Waals surface area contributed by atoms with Gasteiger partial charge in [-0.1, -0.05) is 42.7 Å². The van der Waals surface area contributed by atoms with Crippen LogP contribution in [0.3, 0.4) is 0 Å². The smallest absolute Gasteiger partial charge is 0.234 e. The molecule has 0 aliphatic heterocycles. The predicted molar refractivity (Wildman–Crippen MR) is 76.1 cm³/mol. The minimum Gasteiger partial charge on any atom is -0.338 e. The molecule has 0 atom stereocenters. The lowest BCUT2D eigenvalue weighted by atomic mass is 9.82. The standard InChI is InChI=1S/C14H18ClN3O/c1-3-14(4-2,9-16)13-17-12(18-19-13)10-6-5-7-11(15)8-10/h5-8H,3-4,9,16H2,1-2H3. The summed E-state index contributed by atoms with van der Waals surface area (Å²) in [5.74, 6) is 1.16. The van der Waals surface area contributed by atoms with Gasteiger partial charge in [-0.05, 0) is 25.0 Å². The molecular formula is C14H18ClN3O. The first kappa shape index (κ1) is 14.0. The number of benzene rings is 1. The molecule has 4 nitrogen and oxygen atoms in total. The van der Waals surface area contributed by atoms with Crippen LogP contribution in [0.1, 0.15) is 32.6 Å². The van der Waals surface area contributed by atoms with Crippen LogP contribution in [-0.4, -0.2) is 16.7 Å². The van der Waals surface area contributed by atoms with Crippen molar-refractivity contribution in [1.29, 1.82) is 0 Å². The van der Waals surface area contributed by atoms with Gasteiger partial charge in [0.2, 0.25) is 11.7 Å². The fourth-order valence-corrected chi connectivity index (χ4v) is 2.30. The van der Waals surface area contributed by atoms with Gasteiger partial charge in [-0.2, -0.15) is 4.98 Å². The Morgan fingerprint density at radius 3 is 2.63 bits per heavy atom. The minimum absolute atomic E-state index is 0.232. The van der Waals surface area contributed by atoms with E-state index < -0.39 is 0 Å². The van der Waals surface area contributed by atoms with E-state index >= 15 is 0 Å². The first-order chi connectivity index (χ1) is 9.15. The third kappa shape index (κ3) is 2.65. The maximum atomic E-state index is 5.97. The Kier molecular flexibility index (Phi) is 4.22. The normalized spacial score (nSPS) is 11.8. The highest BCUT2D eigenvalue weighted by Crippen LogP contribution is 2.31. The molecule has 0 spiro atoms. The van der Waals surface area contributed by atoms with Crippen LogP contribution < -0.4 is 5.73 Å². The lowest BCUT2D eigenvalue weighted by Crippen LogP contribution is -2.34. The number of rotatable bonds is 5. The molecule has 0 saturated heterocycles. The van der Waals surface area contributed by atoms with E-state index in [2.05, 4.69) is 24.0 Å². The molecule has 2 N–H and O–H groups in total. The first-order valence-electron chi connectivity index (χ1n) is 6.45. The summed E-state index contributed by atoms with van der Waals surface area (Å²) in [6.45, 7) is 4.66. The summed E-state index contributed by atoms with van der Waals surface area (Å²) in [6.07, 6.45) is 1.74. The fraction of sp³-hybridized carbons (Fsp3) is 0.429. The molecule has 0 fully saturated rings. The van der Waals surface area contributed by atoms with Crippen LogP contribution in [0.2, 0.25) is 5.02 Å². The van der Waals surface area contributed by atoms with Crippen LogP contribution >= 0.6 is 11.6 Å². The van der Waals surface area contributed by atoms with Gasteiger partial charge in [-0.3, -0.25) is 0 Å². The van der Waals surface area contributed by atoms with Crippen molar-refractivity contribution in [3.63, 3.8) is 0 Å². The third-order valence-electron chi connectivity index (χ3n) is 3.71. The maximum Gasteiger partial charge on any atom is 0.234 e. The third-order valence-corrected chi connectivity index (χ3v) is 3.94. The number of hydrogen-bond acceptors (Lipinski definition) is 4. The van der Waals surface area contributed by atoms with Crippen molar-refractivity contribution < 1.29 is 4.52 Å². The van der Waals surface area contributed by atoms with Crippen molar-refractivity contribution in [2.24, 2.45) is 5.73 Å². The highest BCUT2D eigenvalue weighted by atomic mass is 35.5. The summed E-state index contributed by atoms with van der Waals surface area (Å²) in [5.41, 5.74) is 6.50. The first-order valence-corrected chi connectivity index (χ1v) is 6.83. The largest absolute Gasteiger partial charge is 0.338 e. The van der Waals surface area contributed by atoms with Crippen molar-refractivity contribution in [3.05, 3.63) is 35.2 Å². The van der Waals surface area contributed by atoms with E-state index in [0.29, 0.717) is 23.3 Å². The van der Waals surface area contributed by atoms with E-state index in [1.165, 1.54) is 0 Å². The van der Waals surface area contributed by atoms with Gasteiger partial charge in [-0.25, -0.2) is 0 Å². The lowest BCUT2D eigenvalue weighted by molar-refractivity contribution is 0.267. The molecule has 1 heterocycles. The molecule has 1 aromatic heterocycles. The van der Waals surface area contributed by atoms with Crippen LogP contribution in [0.4, 0.5) is 0 Å². The zero-order valence-electron chi connectivity index (χ0n) is 11.2. The SMILES string of the molecule is CCC(CC)(CN)c1nc(-c2cccc(Cl)c2)no1. The van der Waals surface area contributed by atoms with Gasteiger partial charge in [0.25, 0.3) is 0 Å². The van der Waals surface area contributed by atoms with Gasteiger partial charge in [0.1, 0.15) is 0 Å². The zero-order valence-corrected chi connectivity index (χ0v) is 11.9. The zero-order chi connectivity index (χ0) is 13.9. The number of hydrogen-bond donors (Lipinski definition) is 1. The number of nitrogens with zero attached hydrogens (tertiary/aromatic N) is 2. The van der Waals surface area contributed by atoms with Gasteiger partial charge in [0, 0.05) is 17.1 Å². The molecule has 0 radical (unpaired) electrons. The molecule has 0 amide bonds. The Hall–Kier alpha value is -1.39. The maximum absolute atomic E-state index is 5.97. The van der Waals surface area contributed by atoms with Crippen LogP contribution in [0.15, 0.2) is 28.8 Å². The second-order valence-corrected chi connectivity index (χ2v) is 5.06. The van der Waals surface area contributed by atoms with E-state index in [9.17, 15) is 0 Å². The Balaban J connectivity index is 2.38. The topological polar surface area (TPSA) is 64.9 Å². The van der Waals surface area contributed by atoms with Crippen LogP contribution in [0.5, 0.6) is 0 Å². The molecule has 5 heteroatoms. The number of halogens is 1. The Bertz CT molecular complexity index is 541. The monoisotopic (exact) mass is 279 g/mol. The van der Waals surface area contributed by atoms with Crippen molar-refractivity contribution in [3.8, 4) is 11.4 Å². The average molecular weight is 280 g/mol. The second-order valence-electron chi connectivity index (χ2n) is 4.63. The average Bonchev–Trinajstić information content (AvgIpc) is 2.92. The summed E-state index contributed by atoms with van der Waals surface area (Å²) in [6, 6.07) is 7.40. The molecule has 0 unspecified atom stereocenters. The summed E-state index contributed by atoms with van der Waals surface area (Å²) >= 11 is 5.97. The Morgan fingerprint density at radius 2 is 2.05 bits per heavy atom. The van der Waals surface area contributed by atoms with Crippen molar-refractivity contribution in [2.75, 3.05) is 6.54 Å². The molecule has 2 aromatic rings. The quantitative estimate of drug-likeness (QED) is 0.911. The van der Waals surface area contributed by atoms with Crippen LogP contribution in [0.25, 0.3) is 11.4 Å². The summed E-state index contributed by atoms with van der Waals surface area (Å²) < 4.78 is 5.41. The van der Waals surface area contributed by atoms with Crippen LogP contribution in [-0.2, 0) is 5.41 Å². The second kappa shape index (κ2) is 5.72. The van der Waals surface area contributed by atoms with Crippen molar-refractivity contribution in [1.82, 2.24) is 10.1 Å². The van der Waals surface area contributed by atoms with E-state index in [4.69, 9.17) is 21.9 Å². The molecule has 2 rings (SSSR count). The van der Waals surface area contributed by atoms with Crippen molar-refractivity contribution >= 4 is 11.6 Å². The highest BCUT2D eigenvalue weighted by Gasteiger charge is 2.33. The van der Waals surface area contributed by atoms with E-state index in [1.54, 1.807) is 0 Å². The van der Waals surface area contributed by atoms with Gasteiger partial charge < -0.3 is 10.3 Å². The van der Waals surface area contributed by atoms with Gasteiger partial charge in [0.05, 0.1) is 5.41 Å². The molecule has 0 saturated carbocycles. The molecule has 0 bridgehead atoms. The lowest BCUT2D eigenvalue weighted by Gasteiger charge is -2.24. The van der Waals surface area contributed by atoms with E-state index in [0.717, 1.165) is 18.4 Å². The van der Waals surface area contributed by atoms with Gasteiger partial charge in [-0.15, -0.1) is 0 Å². The number of aromatic nitrogens is 2. The predicted octanol–water partition coefficient (Wildman–Crippen LogP) is 3.41. The molecule has 102 valence electrons. The molecule has 0 aliphatic carbocycles. The Labute approximate surface area is 118 Å². The summed E-state index contributed by atoms with van der Waals surface area (Å²) in [5, 5.41) is 4.69. The van der Waals surface area contributed by atoms with Crippen LogP contribution in [0, 0.1) is 0 Å². The molecular weight excluding hydrogens is 262 g/mol. The van der Waals surface area contributed by atoms with Gasteiger partial charge in [0.15, 0.2) is 0 Å². The van der Waals surface area contributed by atoms with Crippen molar-refractivity contribution in [2.45, 2.75) is 32.1 Å².